The molecule has 0 aliphatic heterocycles. The Morgan fingerprint density at radius 2 is 0.840 bits per heavy atom. The Kier molecular flexibility index (Phi) is 6.49. The zero-order valence-electron chi connectivity index (χ0n) is 27.2. The Hall–Kier alpha value is -6.71. The average molecular weight is 638 g/mol. The fraction of sp³-hybridized carbons (Fsp3) is 0. The van der Waals surface area contributed by atoms with E-state index in [4.69, 9.17) is 4.98 Å². The summed E-state index contributed by atoms with van der Waals surface area (Å²) in [5.74, 6) is 0. The van der Waals surface area contributed by atoms with Gasteiger partial charge in [0.1, 0.15) is 0 Å². The van der Waals surface area contributed by atoms with Gasteiger partial charge in [-0.3, -0.25) is 0 Å². The molecule has 10 aromatic rings. The molecule has 0 saturated heterocycles. The molecule has 3 nitrogen and oxygen atoms in total. The molecule has 0 atom stereocenters. The van der Waals surface area contributed by atoms with Crippen molar-refractivity contribution in [3.05, 3.63) is 188 Å². The van der Waals surface area contributed by atoms with Crippen LogP contribution in [0.15, 0.2) is 188 Å². The fourth-order valence-corrected chi connectivity index (χ4v) is 7.65. The molecule has 50 heavy (non-hydrogen) atoms. The molecule has 0 spiro atoms. The highest BCUT2D eigenvalue weighted by atomic mass is 15.0. The Morgan fingerprint density at radius 3 is 1.52 bits per heavy atom. The number of hydrogen-bond acceptors (Lipinski definition) is 1. The molecule has 3 aromatic heterocycles. The third kappa shape index (κ3) is 4.48. The smallest absolute Gasteiger partial charge is 0.0715 e. The minimum absolute atomic E-state index is 0.952. The minimum Gasteiger partial charge on any atom is -0.309 e. The topological polar surface area (TPSA) is 22.8 Å². The van der Waals surface area contributed by atoms with Gasteiger partial charge in [0.2, 0.25) is 0 Å². The van der Waals surface area contributed by atoms with Gasteiger partial charge in [-0.05, 0) is 65.7 Å². The molecule has 0 radical (unpaired) electrons. The summed E-state index contributed by atoms with van der Waals surface area (Å²) in [5, 5.41) is 5.01. The molecule has 234 valence electrons. The highest BCUT2D eigenvalue weighted by Gasteiger charge is 2.20. The summed E-state index contributed by atoms with van der Waals surface area (Å²) in [6.45, 7) is 0. The van der Waals surface area contributed by atoms with Crippen LogP contribution in [0.2, 0.25) is 0 Å². The van der Waals surface area contributed by atoms with Gasteiger partial charge >= 0.3 is 0 Å². The predicted octanol–water partition coefficient (Wildman–Crippen LogP) is 12.3. The molecule has 7 aromatic carbocycles. The summed E-state index contributed by atoms with van der Waals surface area (Å²) in [4.78, 5) is 5.18. The zero-order chi connectivity index (χ0) is 33.0. The first-order valence-electron chi connectivity index (χ1n) is 17.1. The van der Waals surface area contributed by atoms with Crippen molar-refractivity contribution in [2.45, 2.75) is 0 Å². The fourth-order valence-electron chi connectivity index (χ4n) is 7.65. The van der Waals surface area contributed by atoms with Crippen LogP contribution >= 0.6 is 0 Å². The van der Waals surface area contributed by atoms with Gasteiger partial charge < -0.3 is 9.13 Å². The Morgan fingerprint density at radius 1 is 0.320 bits per heavy atom. The lowest BCUT2D eigenvalue weighted by Crippen LogP contribution is -1.96. The lowest BCUT2D eigenvalue weighted by atomic mass is 10.00. The van der Waals surface area contributed by atoms with Gasteiger partial charge in [0.25, 0.3) is 0 Å². The van der Waals surface area contributed by atoms with Gasteiger partial charge in [-0.2, -0.15) is 0 Å². The van der Waals surface area contributed by atoms with E-state index in [0.29, 0.717) is 0 Å². The van der Waals surface area contributed by atoms with Crippen molar-refractivity contribution >= 4 is 43.6 Å². The first-order chi connectivity index (χ1) is 24.8. The number of nitrogens with zero attached hydrogens (tertiary/aromatic N) is 3. The van der Waals surface area contributed by atoms with Crippen LogP contribution in [-0.2, 0) is 0 Å². The number of benzene rings is 7. The normalized spacial score (nSPS) is 11.6. The molecule has 0 amide bonds. The minimum atomic E-state index is 0.952. The summed E-state index contributed by atoms with van der Waals surface area (Å²) in [6, 6.07) is 67.1. The maximum Gasteiger partial charge on any atom is 0.0715 e. The van der Waals surface area contributed by atoms with Crippen molar-refractivity contribution in [3.63, 3.8) is 0 Å². The van der Waals surface area contributed by atoms with E-state index in [1.54, 1.807) is 0 Å². The molecule has 3 heteroatoms. The van der Waals surface area contributed by atoms with Crippen molar-refractivity contribution in [2.75, 3.05) is 0 Å². The van der Waals surface area contributed by atoms with Gasteiger partial charge in [0.15, 0.2) is 0 Å². The first-order valence-corrected chi connectivity index (χ1v) is 17.1. The van der Waals surface area contributed by atoms with Gasteiger partial charge in [-0.15, -0.1) is 0 Å². The number of hydrogen-bond donors (Lipinski definition) is 0. The van der Waals surface area contributed by atoms with Gasteiger partial charge in [0, 0.05) is 44.0 Å². The van der Waals surface area contributed by atoms with E-state index in [9.17, 15) is 0 Å². The molecule has 0 bridgehead atoms. The van der Waals surface area contributed by atoms with Crippen molar-refractivity contribution in [3.8, 4) is 45.0 Å². The van der Waals surface area contributed by atoms with E-state index in [1.165, 1.54) is 49.2 Å². The predicted molar refractivity (Wildman–Crippen MR) is 209 cm³/mol. The van der Waals surface area contributed by atoms with Crippen LogP contribution in [0.3, 0.4) is 0 Å². The molecule has 10 rings (SSSR count). The van der Waals surface area contributed by atoms with Gasteiger partial charge in [0.05, 0.1) is 33.5 Å². The number of pyridine rings is 1. The summed E-state index contributed by atoms with van der Waals surface area (Å²) in [7, 11) is 0. The van der Waals surface area contributed by atoms with E-state index in [1.807, 2.05) is 6.07 Å². The molecule has 0 N–H and O–H groups in total. The number of para-hydroxylation sites is 3. The number of rotatable bonds is 5. The molecule has 0 fully saturated rings. The second-order valence-corrected chi connectivity index (χ2v) is 12.8. The quantitative estimate of drug-likeness (QED) is 0.184. The highest BCUT2D eigenvalue weighted by molar-refractivity contribution is 6.26. The van der Waals surface area contributed by atoms with Crippen molar-refractivity contribution < 1.29 is 0 Å². The van der Waals surface area contributed by atoms with Crippen molar-refractivity contribution in [1.29, 1.82) is 0 Å². The molecular formula is C47H31N3. The average Bonchev–Trinajstić information content (AvgIpc) is 3.72. The van der Waals surface area contributed by atoms with Crippen molar-refractivity contribution in [2.24, 2.45) is 0 Å². The van der Waals surface area contributed by atoms with Crippen molar-refractivity contribution in [1.82, 2.24) is 14.1 Å². The zero-order valence-corrected chi connectivity index (χ0v) is 27.2. The lowest BCUT2D eigenvalue weighted by molar-refractivity contribution is 1.17. The molecule has 3 heterocycles. The lowest BCUT2D eigenvalue weighted by Gasteiger charge is -2.12. The van der Waals surface area contributed by atoms with Crippen LogP contribution in [0.4, 0.5) is 0 Å². The maximum atomic E-state index is 5.18. The van der Waals surface area contributed by atoms with E-state index >= 15 is 0 Å². The summed E-state index contributed by atoms with van der Waals surface area (Å²) < 4.78 is 4.84. The Labute approximate surface area is 290 Å². The molecular weight excluding hydrogens is 607 g/mol. The van der Waals surface area contributed by atoms with Gasteiger partial charge in [-0.25, -0.2) is 4.98 Å². The number of aromatic nitrogens is 3. The maximum absolute atomic E-state index is 5.18. The van der Waals surface area contributed by atoms with Crippen LogP contribution < -0.4 is 0 Å². The summed E-state index contributed by atoms with van der Waals surface area (Å²) in [5.41, 5.74) is 13.5. The molecule has 0 aliphatic carbocycles. The molecule has 0 unspecified atom stereocenters. The standard InChI is InChI=1S/C47H31N3/c1-4-14-32(15-5-1)35-30-41(33-16-6-2-7-17-33)48-42(31-35)34-24-26-37(27-25-34)49-44-23-13-11-21-40(44)46-45(49)29-28-39-38-20-10-12-22-43(38)50(47(39)46)36-18-8-3-9-19-36/h1-31H. The largest absolute Gasteiger partial charge is 0.309 e. The van der Waals surface area contributed by atoms with Crippen LogP contribution in [0, 0.1) is 0 Å². The van der Waals surface area contributed by atoms with E-state index < -0.39 is 0 Å². The van der Waals surface area contributed by atoms with Crippen LogP contribution in [0.25, 0.3) is 88.6 Å². The van der Waals surface area contributed by atoms with Crippen LogP contribution in [-0.4, -0.2) is 14.1 Å². The summed E-state index contributed by atoms with van der Waals surface area (Å²) >= 11 is 0. The van der Waals surface area contributed by atoms with Crippen LogP contribution in [0.5, 0.6) is 0 Å². The third-order valence-corrected chi connectivity index (χ3v) is 9.91. The third-order valence-electron chi connectivity index (χ3n) is 9.91. The van der Waals surface area contributed by atoms with E-state index in [2.05, 4.69) is 191 Å². The number of fused-ring (bicyclic) bond motifs is 7. The monoisotopic (exact) mass is 637 g/mol. The Bertz CT molecular complexity index is 2770. The second-order valence-electron chi connectivity index (χ2n) is 12.8. The van der Waals surface area contributed by atoms with E-state index in [0.717, 1.165) is 39.5 Å². The Balaban J connectivity index is 1.18. The first kappa shape index (κ1) is 28.3. The molecule has 0 saturated carbocycles. The highest BCUT2D eigenvalue weighted by Crippen LogP contribution is 2.42. The summed E-state index contributed by atoms with van der Waals surface area (Å²) in [6.07, 6.45) is 0. The SMILES string of the molecule is c1ccc(-c2cc(-c3ccccc3)nc(-c3ccc(-n4c5ccccc5c5c4ccc4c6ccccc6n(-c6ccccc6)c45)cc3)c2)cc1. The van der Waals surface area contributed by atoms with E-state index in [-0.39, 0.29) is 0 Å². The van der Waals surface area contributed by atoms with Gasteiger partial charge in [-0.1, -0.05) is 133 Å². The second kappa shape index (κ2) is 11.5. The van der Waals surface area contributed by atoms with Crippen LogP contribution in [0.1, 0.15) is 0 Å². The molecule has 0 aliphatic rings.